The van der Waals surface area contributed by atoms with Gasteiger partial charge in [0.25, 0.3) is 10.9 Å². The summed E-state index contributed by atoms with van der Waals surface area (Å²) in [6, 6.07) is 11.3. The van der Waals surface area contributed by atoms with Gasteiger partial charge in [0.05, 0.1) is 4.92 Å². The molecule has 2 aromatic carbocycles. The molecule has 0 aliphatic heterocycles. The van der Waals surface area contributed by atoms with Gasteiger partial charge < -0.3 is 9.52 Å². The van der Waals surface area contributed by atoms with Crippen LogP contribution in [0, 0.1) is 17.0 Å². The molecule has 0 spiro atoms. The quantitative estimate of drug-likeness (QED) is 0.221. The lowest BCUT2D eigenvalue weighted by molar-refractivity contribution is -0.384. The fourth-order valence-electron chi connectivity index (χ4n) is 2.17. The Labute approximate surface area is 178 Å². The van der Waals surface area contributed by atoms with E-state index in [1.165, 1.54) is 30.0 Å². The van der Waals surface area contributed by atoms with Crippen molar-refractivity contribution < 1.29 is 19.2 Å². The number of nitrogens with zero attached hydrogens (tertiary/aromatic N) is 3. The number of carboxylic acids is 1. The van der Waals surface area contributed by atoms with Crippen LogP contribution >= 0.6 is 35.1 Å². The third-order valence-electron chi connectivity index (χ3n) is 3.45. The van der Waals surface area contributed by atoms with Gasteiger partial charge in [0, 0.05) is 33.9 Å². The van der Waals surface area contributed by atoms with Crippen molar-refractivity contribution in [1.82, 2.24) is 10.2 Å². The van der Waals surface area contributed by atoms with E-state index in [9.17, 15) is 20.0 Å². The molecule has 0 saturated carbocycles. The molecule has 11 heteroatoms. The zero-order chi connectivity index (χ0) is 21.0. The van der Waals surface area contributed by atoms with Crippen LogP contribution < -0.4 is 0 Å². The lowest BCUT2D eigenvalue weighted by Gasteiger charge is -2.08. The molecule has 0 fully saturated rings. The van der Waals surface area contributed by atoms with Crippen molar-refractivity contribution in [3.63, 3.8) is 0 Å². The number of nitro groups is 1. The summed E-state index contributed by atoms with van der Waals surface area (Å²) in [5.41, 5.74) is 0.223. The van der Waals surface area contributed by atoms with Gasteiger partial charge in [0.2, 0.25) is 5.89 Å². The molecule has 0 amide bonds. The van der Waals surface area contributed by atoms with Crippen LogP contribution in [0.3, 0.4) is 0 Å². The Morgan fingerprint density at radius 1 is 1.24 bits per heavy atom. The molecule has 148 valence electrons. The van der Waals surface area contributed by atoms with Gasteiger partial charge in [-0.2, -0.15) is 0 Å². The van der Waals surface area contributed by atoms with E-state index in [4.69, 9.17) is 16.0 Å². The first kappa shape index (κ1) is 20.9. The number of hydrogen-bond acceptors (Lipinski definition) is 8. The number of rotatable bonds is 7. The maximum absolute atomic E-state index is 11.7. The average Bonchev–Trinajstić information content (AvgIpc) is 3.08. The standard InChI is InChI=1S/C18H12ClN3O5S2/c1-10-20-21-18(27-10)29-16(17(23)24)9-11-8-13(22(25)26)4-7-15(11)28-14-5-2-12(19)3-6-14/h2-9H,1H3,(H,23,24)/b16-9+. The molecule has 29 heavy (non-hydrogen) atoms. The number of aryl methyl sites for hydroxylation is 1. The number of thioether (sulfide) groups is 1. The van der Waals surface area contributed by atoms with Gasteiger partial charge >= 0.3 is 5.97 Å². The predicted molar refractivity (Wildman–Crippen MR) is 109 cm³/mol. The summed E-state index contributed by atoms with van der Waals surface area (Å²) >= 11 is 8.00. The molecule has 0 bridgehead atoms. The van der Waals surface area contributed by atoms with E-state index in [0.29, 0.717) is 21.4 Å². The summed E-state index contributed by atoms with van der Waals surface area (Å²) in [5, 5.41) is 28.8. The summed E-state index contributed by atoms with van der Waals surface area (Å²) in [6.45, 7) is 1.59. The number of halogens is 1. The van der Waals surface area contributed by atoms with Crippen LogP contribution in [0.5, 0.6) is 0 Å². The van der Waals surface area contributed by atoms with Crippen molar-refractivity contribution in [2.45, 2.75) is 21.9 Å². The molecule has 1 heterocycles. The molecular formula is C18H12ClN3O5S2. The van der Waals surface area contributed by atoms with Crippen molar-refractivity contribution in [2.75, 3.05) is 0 Å². The fourth-order valence-corrected chi connectivity index (χ4v) is 3.90. The van der Waals surface area contributed by atoms with Gasteiger partial charge in [-0.05, 0) is 53.7 Å². The maximum atomic E-state index is 11.7. The number of nitro benzene ring substituents is 1. The molecule has 0 aliphatic rings. The minimum absolute atomic E-state index is 0.0634. The van der Waals surface area contributed by atoms with Gasteiger partial charge in [-0.1, -0.05) is 23.4 Å². The van der Waals surface area contributed by atoms with Gasteiger partial charge in [-0.3, -0.25) is 10.1 Å². The van der Waals surface area contributed by atoms with Gasteiger partial charge in [0.15, 0.2) is 0 Å². The number of hydrogen-bond donors (Lipinski definition) is 1. The van der Waals surface area contributed by atoms with Crippen LogP contribution in [-0.2, 0) is 4.79 Å². The minimum Gasteiger partial charge on any atom is -0.477 e. The normalized spacial score (nSPS) is 11.4. The van der Waals surface area contributed by atoms with Crippen LogP contribution in [0.1, 0.15) is 11.5 Å². The summed E-state index contributed by atoms with van der Waals surface area (Å²) in [4.78, 5) is 23.7. The molecular weight excluding hydrogens is 438 g/mol. The lowest BCUT2D eigenvalue weighted by atomic mass is 10.2. The Morgan fingerprint density at radius 2 is 1.97 bits per heavy atom. The van der Waals surface area contributed by atoms with Crippen molar-refractivity contribution in [3.8, 4) is 0 Å². The molecule has 0 atom stereocenters. The number of aromatic nitrogens is 2. The Kier molecular flexibility index (Phi) is 6.57. The molecule has 3 rings (SSSR count). The fraction of sp³-hybridized carbons (Fsp3) is 0.0556. The molecule has 0 radical (unpaired) electrons. The summed E-state index contributed by atoms with van der Waals surface area (Å²) in [6.07, 6.45) is 1.35. The van der Waals surface area contributed by atoms with E-state index >= 15 is 0 Å². The van der Waals surface area contributed by atoms with Crippen LogP contribution in [0.25, 0.3) is 6.08 Å². The third-order valence-corrected chi connectivity index (χ3v) is 5.65. The molecule has 8 nitrogen and oxygen atoms in total. The Balaban J connectivity index is 2.01. The first-order chi connectivity index (χ1) is 13.8. The Morgan fingerprint density at radius 3 is 2.55 bits per heavy atom. The maximum Gasteiger partial charge on any atom is 0.342 e. The van der Waals surface area contributed by atoms with Crippen LogP contribution in [-0.4, -0.2) is 26.2 Å². The van der Waals surface area contributed by atoms with Crippen LogP contribution in [0.15, 0.2) is 66.8 Å². The average molecular weight is 450 g/mol. The third kappa shape index (κ3) is 5.59. The highest BCUT2D eigenvalue weighted by Gasteiger charge is 2.17. The second-order valence-corrected chi connectivity index (χ2v) is 8.08. The summed E-state index contributed by atoms with van der Waals surface area (Å²) in [5.74, 6) is -0.925. The van der Waals surface area contributed by atoms with E-state index in [1.807, 2.05) is 0 Å². The SMILES string of the molecule is Cc1nnc(S/C(=C/c2cc([N+](=O)[O-])ccc2Sc2ccc(Cl)cc2)C(=O)O)o1. The van der Waals surface area contributed by atoms with Crippen LogP contribution in [0.2, 0.25) is 5.02 Å². The van der Waals surface area contributed by atoms with Crippen molar-refractivity contribution in [1.29, 1.82) is 0 Å². The zero-order valence-corrected chi connectivity index (χ0v) is 17.1. The second kappa shape index (κ2) is 9.12. The van der Waals surface area contributed by atoms with Crippen molar-refractivity contribution in [2.24, 2.45) is 0 Å². The summed E-state index contributed by atoms with van der Waals surface area (Å²) < 4.78 is 5.21. The lowest BCUT2D eigenvalue weighted by Crippen LogP contribution is -1.98. The Bertz CT molecular complexity index is 1100. The van der Waals surface area contributed by atoms with Gasteiger partial charge in [-0.15, -0.1) is 10.2 Å². The molecule has 1 N–H and O–H groups in total. The number of aliphatic carboxylic acids is 1. The van der Waals surface area contributed by atoms with E-state index in [0.717, 1.165) is 16.7 Å². The zero-order valence-electron chi connectivity index (χ0n) is 14.7. The molecule has 1 aromatic heterocycles. The van der Waals surface area contributed by atoms with E-state index < -0.39 is 10.9 Å². The predicted octanol–water partition coefficient (Wildman–Crippen LogP) is 5.31. The first-order valence-corrected chi connectivity index (χ1v) is 9.98. The number of benzene rings is 2. The molecule has 0 aliphatic carbocycles. The monoisotopic (exact) mass is 449 g/mol. The largest absolute Gasteiger partial charge is 0.477 e. The summed E-state index contributed by atoms with van der Waals surface area (Å²) in [7, 11) is 0. The molecule has 0 unspecified atom stereocenters. The van der Waals surface area contributed by atoms with E-state index in [-0.39, 0.29) is 15.8 Å². The Hall–Kier alpha value is -2.82. The van der Waals surface area contributed by atoms with E-state index in [1.54, 1.807) is 37.3 Å². The number of carboxylic acid groups (broad SMARTS) is 1. The highest BCUT2D eigenvalue weighted by molar-refractivity contribution is 8.03. The van der Waals surface area contributed by atoms with Crippen LogP contribution in [0.4, 0.5) is 5.69 Å². The van der Waals surface area contributed by atoms with Crippen molar-refractivity contribution in [3.05, 3.63) is 74.0 Å². The number of non-ortho nitro benzene ring substituents is 1. The van der Waals surface area contributed by atoms with Gasteiger partial charge in [-0.25, -0.2) is 4.79 Å². The number of carbonyl (C=O) groups is 1. The second-order valence-electron chi connectivity index (χ2n) is 5.54. The molecule has 0 saturated heterocycles. The highest BCUT2D eigenvalue weighted by atomic mass is 35.5. The first-order valence-electron chi connectivity index (χ1n) is 7.96. The topological polar surface area (TPSA) is 119 Å². The van der Waals surface area contributed by atoms with Gasteiger partial charge in [0.1, 0.15) is 4.91 Å². The van der Waals surface area contributed by atoms with E-state index in [2.05, 4.69) is 10.2 Å². The highest BCUT2D eigenvalue weighted by Crippen LogP contribution is 2.36. The minimum atomic E-state index is -1.22. The molecule has 3 aromatic rings. The smallest absolute Gasteiger partial charge is 0.342 e. The van der Waals surface area contributed by atoms with Crippen molar-refractivity contribution >= 4 is 52.9 Å².